The van der Waals surface area contributed by atoms with Crippen LogP contribution in [0.2, 0.25) is 0 Å². The topological polar surface area (TPSA) is 64.3 Å². The number of thiocarbonyl (C=S) groups is 1. The molecule has 5 nitrogen and oxygen atoms in total. The molecule has 1 saturated heterocycles. The Labute approximate surface area is 93.3 Å². The highest BCUT2D eigenvalue weighted by molar-refractivity contribution is 7.80. The van der Waals surface area contributed by atoms with E-state index in [-0.39, 0.29) is 0 Å². The van der Waals surface area contributed by atoms with Gasteiger partial charge < -0.3 is 15.4 Å². The minimum absolute atomic E-state index is 0.298. The second-order valence-corrected chi connectivity index (χ2v) is 3.65. The Morgan fingerprint density at radius 1 is 1.47 bits per heavy atom. The van der Waals surface area contributed by atoms with Crippen LogP contribution >= 0.6 is 12.2 Å². The lowest BCUT2D eigenvalue weighted by Gasteiger charge is -2.26. The molecule has 0 aromatic carbocycles. The number of ether oxygens (including phenoxy) is 1. The van der Waals surface area contributed by atoms with E-state index in [0.717, 1.165) is 13.1 Å². The van der Waals surface area contributed by atoms with Crippen LogP contribution in [0.25, 0.3) is 0 Å². The Hall–Kier alpha value is -1.27. The molecule has 0 bridgehead atoms. The van der Waals surface area contributed by atoms with Crippen molar-refractivity contribution in [1.82, 2.24) is 9.97 Å². The van der Waals surface area contributed by atoms with Crippen LogP contribution < -0.4 is 10.6 Å². The minimum Gasteiger partial charge on any atom is -0.388 e. The molecule has 80 valence electrons. The molecule has 2 N–H and O–H groups in total. The first-order valence-corrected chi connectivity index (χ1v) is 5.14. The van der Waals surface area contributed by atoms with Gasteiger partial charge in [-0.1, -0.05) is 12.2 Å². The summed E-state index contributed by atoms with van der Waals surface area (Å²) in [5.41, 5.74) is 6.12. The summed E-state index contributed by atoms with van der Waals surface area (Å²) in [4.78, 5) is 10.8. The van der Waals surface area contributed by atoms with Crippen molar-refractivity contribution < 1.29 is 4.74 Å². The molecule has 1 aromatic heterocycles. The van der Waals surface area contributed by atoms with Gasteiger partial charge in [0.2, 0.25) is 5.95 Å². The Balaban J connectivity index is 2.19. The van der Waals surface area contributed by atoms with Crippen molar-refractivity contribution in [3.63, 3.8) is 0 Å². The third-order valence-corrected chi connectivity index (χ3v) is 2.40. The Morgan fingerprint density at radius 3 is 2.87 bits per heavy atom. The third kappa shape index (κ3) is 2.40. The highest BCUT2D eigenvalue weighted by atomic mass is 32.1. The number of aromatic nitrogens is 2. The lowest BCUT2D eigenvalue weighted by Crippen LogP contribution is -2.37. The third-order valence-electron chi connectivity index (χ3n) is 2.19. The second kappa shape index (κ2) is 4.50. The molecule has 1 fully saturated rings. The van der Waals surface area contributed by atoms with E-state index in [9.17, 15) is 0 Å². The zero-order valence-corrected chi connectivity index (χ0v) is 9.04. The van der Waals surface area contributed by atoms with Gasteiger partial charge in [-0.15, -0.1) is 0 Å². The maximum atomic E-state index is 5.51. The number of nitrogens with two attached hydrogens (primary N) is 1. The van der Waals surface area contributed by atoms with Gasteiger partial charge in [-0.2, -0.15) is 0 Å². The molecule has 0 unspecified atom stereocenters. The fraction of sp³-hybridized carbons (Fsp3) is 0.444. The summed E-state index contributed by atoms with van der Waals surface area (Å²) in [7, 11) is 0. The molecule has 0 radical (unpaired) electrons. The maximum absolute atomic E-state index is 5.51. The number of nitrogens with zero attached hydrogens (tertiary/aromatic N) is 3. The van der Waals surface area contributed by atoms with E-state index in [2.05, 4.69) is 14.9 Å². The largest absolute Gasteiger partial charge is 0.388 e. The molecule has 15 heavy (non-hydrogen) atoms. The number of morpholine rings is 1. The summed E-state index contributed by atoms with van der Waals surface area (Å²) < 4.78 is 5.25. The van der Waals surface area contributed by atoms with Gasteiger partial charge in [0, 0.05) is 19.3 Å². The van der Waals surface area contributed by atoms with Crippen LogP contribution in [-0.4, -0.2) is 41.3 Å². The number of hydrogen-bond acceptors (Lipinski definition) is 5. The molecule has 0 spiro atoms. The Bertz CT molecular complexity index is 365. The Kier molecular flexibility index (Phi) is 3.08. The van der Waals surface area contributed by atoms with Crippen molar-refractivity contribution in [2.24, 2.45) is 5.73 Å². The first kappa shape index (κ1) is 10.3. The van der Waals surface area contributed by atoms with Gasteiger partial charge in [0.15, 0.2) is 0 Å². The van der Waals surface area contributed by atoms with Crippen molar-refractivity contribution in [2.75, 3.05) is 31.2 Å². The highest BCUT2D eigenvalue weighted by Crippen LogP contribution is 2.09. The van der Waals surface area contributed by atoms with E-state index in [1.807, 2.05) is 0 Å². The molecule has 2 heterocycles. The second-order valence-electron chi connectivity index (χ2n) is 3.21. The van der Waals surface area contributed by atoms with Crippen LogP contribution in [0.4, 0.5) is 5.95 Å². The maximum Gasteiger partial charge on any atom is 0.226 e. The Morgan fingerprint density at radius 2 is 2.20 bits per heavy atom. The number of anilines is 1. The first-order chi connectivity index (χ1) is 7.27. The summed E-state index contributed by atoms with van der Waals surface area (Å²) in [5.74, 6) is 0.670. The van der Waals surface area contributed by atoms with Crippen molar-refractivity contribution in [1.29, 1.82) is 0 Å². The van der Waals surface area contributed by atoms with E-state index < -0.39 is 0 Å². The predicted molar refractivity (Wildman–Crippen MR) is 61.0 cm³/mol. The molecule has 2 rings (SSSR count). The number of rotatable bonds is 2. The van der Waals surface area contributed by atoms with Gasteiger partial charge in [-0.25, -0.2) is 9.97 Å². The molecule has 0 atom stereocenters. The lowest BCUT2D eigenvalue weighted by atomic mass is 10.4. The van der Waals surface area contributed by atoms with E-state index in [4.69, 9.17) is 22.7 Å². The van der Waals surface area contributed by atoms with Gasteiger partial charge in [-0.3, -0.25) is 0 Å². The minimum atomic E-state index is 0.298. The zero-order valence-electron chi connectivity index (χ0n) is 8.22. The van der Waals surface area contributed by atoms with Crippen LogP contribution in [-0.2, 0) is 4.74 Å². The van der Waals surface area contributed by atoms with E-state index >= 15 is 0 Å². The summed E-state index contributed by atoms with van der Waals surface area (Å²) in [5, 5.41) is 0. The number of hydrogen-bond donors (Lipinski definition) is 1. The van der Waals surface area contributed by atoms with Crippen molar-refractivity contribution in [3.8, 4) is 0 Å². The zero-order chi connectivity index (χ0) is 10.7. The molecule has 1 aromatic rings. The van der Waals surface area contributed by atoms with Gasteiger partial charge in [0.05, 0.1) is 13.2 Å². The first-order valence-electron chi connectivity index (χ1n) is 4.73. The van der Waals surface area contributed by atoms with Crippen LogP contribution in [0.1, 0.15) is 5.69 Å². The highest BCUT2D eigenvalue weighted by Gasteiger charge is 2.14. The van der Waals surface area contributed by atoms with Gasteiger partial charge in [0.25, 0.3) is 0 Å². The summed E-state index contributed by atoms with van der Waals surface area (Å²) in [6.07, 6.45) is 1.67. The van der Waals surface area contributed by atoms with Crippen molar-refractivity contribution in [3.05, 3.63) is 18.0 Å². The molecule has 1 aliphatic heterocycles. The standard InChI is InChI=1S/C9H12N4OS/c10-8(15)7-1-2-11-9(12-7)13-3-5-14-6-4-13/h1-2H,3-6H2,(H2,10,15). The normalized spacial score (nSPS) is 16.4. The average Bonchev–Trinajstić information content (AvgIpc) is 2.30. The van der Waals surface area contributed by atoms with Crippen LogP contribution in [0, 0.1) is 0 Å². The van der Waals surface area contributed by atoms with Crippen molar-refractivity contribution in [2.45, 2.75) is 0 Å². The fourth-order valence-electron chi connectivity index (χ4n) is 1.40. The molecule has 0 aliphatic carbocycles. The summed E-state index contributed by atoms with van der Waals surface area (Å²) in [6, 6.07) is 1.71. The van der Waals surface area contributed by atoms with Gasteiger partial charge >= 0.3 is 0 Å². The summed E-state index contributed by atoms with van der Waals surface area (Å²) in [6.45, 7) is 3.03. The molecular formula is C9H12N4OS. The van der Waals surface area contributed by atoms with E-state index in [1.165, 1.54) is 0 Å². The average molecular weight is 224 g/mol. The van der Waals surface area contributed by atoms with Crippen LogP contribution in [0.3, 0.4) is 0 Å². The molecule has 0 saturated carbocycles. The van der Waals surface area contributed by atoms with Gasteiger partial charge in [0.1, 0.15) is 10.7 Å². The SMILES string of the molecule is NC(=S)c1ccnc(N2CCOCC2)n1. The smallest absolute Gasteiger partial charge is 0.226 e. The fourth-order valence-corrected chi connectivity index (χ4v) is 1.52. The molecule has 6 heteroatoms. The monoisotopic (exact) mass is 224 g/mol. The lowest BCUT2D eigenvalue weighted by molar-refractivity contribution is 0.122. The van der Waals surface area contributed by atoms with Crippen LogP contribution in [0.15, 0.2) is 12.3 Å². The molecule has 1 aliphatic rings. The summed E-state index contributed by atoms with van der Waals surface area (Å²) >= 11 is 4.87. The van der Waals surface area contributed by atoms with Crippen LogP contribution in [0.5, 0.6) is 0 Å². The quantitative estimate of drug-likeness (QED) is 0.710. The molecule has 0 amide bonds. The van der Waals surface area contributed by atoms with E-state index in [0.29, 0.717) is 29.8 Å². The molecular weight excluding hydrogens is 212 g/mol. The van der Waals surface area contributed by atoms with Gasteiger partial charge in [-0.05, 0) is 6.07 Å². The van der Waals surface area contributed by atoms with E-state index in [1.54, 1.807) is 12.3 Å². The van der Waals surface area contributed by atoms with Crippen molar-refractivity contribution >= 4 is 23.2 Å². The predicted octanol–water partition coefficient (Wildman–Crippen LogP) is -0.0526.